The molecule has 180 valence electrons. The molecule has 3 aliphatic rings. The number of nitrogens with one attached hydrogen (secondary N) is 1. The van der Waals surface area contributed by atoms with Gasteiger partial charge in [0, 0.05) is 57.1 Å². The number of nitrogens with zero attached hydrogens (tertiary/aromatic N) is 5. The zero-order chi connectivity index (χ0) is 23.9. The molecule has 2 aromatic rings. The molecule has 34 heavy (non-hydrogen) atoms. The van der Waals surface area contributed by atoms with Gasteiger partial charge in [-0.15, -0.1) is 18.3 Å². The molecule has 0 aliphatic carbocycles. The van der Waals surface area contributed by atoms with Gasteiger partial charge in [0.15, 0.2) is 0 Å². The van der Waals surface area contributed by atoms with Gasteiger partial charge in [0.1, 0.15) is 11.4 Å². The Morgan fingerprint density at radius 1 is 1.03 bits per heavy atom. The molecule has 1 N–H and O–H groups in total. The van der Waals surface area contributed by atoms with Gasteiger partial charge in [-0.3, -0.25) is 9.89 Å². The van der Waals surface area contributed by atoms with E-state index in [1.54, 1.807) is 15.9 Å². The lowest BCUT2D eigenvalue weighted by Gasteiger charge is -2.31. The van der Waals surface area contributed by atoms with Crippen LogP contribution in [0.1, 0.15) is 17.0 Å². The van der Waals surface area contributed by atoms with Gasteiger partial charge in [0.25, 0.3) is 0 Å². The van der Waals surface area contributed by atoms with Crippen molar-refractivity contribution in [3.8, 4) is 5.75 Å². The second-order valence-corrected chi connectivity index (χ2v) is 8.81. The standard InChI is InChI=1S/C22H23F3N6O3/c23-22(24,25)34-17-4-1-14(2-5-17)3-6-20(32)30-9-15-11-31(12-16(15)10-30)21(33)29-8-7-18-19(13-29)27-28-26-18/h1-6,15-16H,7-13H2,(H,26,27,28)/b6-3+/t15-,16+. The average Bonchev–Trinajstić information content (AvgIpc) is 3.51. The number of aromatic nitrogens is 3. The topological polar surface area (TPSA) is 94.7 Å². The molecule has 3 aliphatic heterocycles. The minimum absolute atomic E-state index is 0.00114. The van der Waals surface area contributed by atoms with Gasteiger partial charge in [-0.1, -0.05) is 17.3 Å². The van der Waals surface area contributed by atoms with Crippen molar-refractivity contribution in [3.63, 3.8) is 0 Å². The van der Waals surface area contributed by atoms with Crippen molar-refractivity contribution in [1.29, 1.82) is 0 Å². The van der Waals surface area contributed by atoms with Crippen molar-refractivity contribution in [2.75, 3.05) is 32.7 Å². The van der Waals surface area contributed by atoms with Crippen LogP contribution in [0.15, 0.2) is 30.3 Å². The smallest absolute Gasteiger partial charge is 0.406 e. The summed E-state index contributed by atoms with van der Waals surface area (Å²) in [6.45, 7) is 3.45. The van der Waals surface area contributed by atoms with E-state index in [1.807, 2.05) is 4.90 Å². The van der Waals surface area contributed by atoms with Crippen LogP contribution in [0.2, 0.25) is 0 Å². The molecular weight excluding hydrogens is 453 g/mol. The van der Waals surface area contributed by atoms with Gasteiger partial charge in [-0.25, -0.2) is 4.79 Å². The summed E-state index contributed by atoms with van der Waals surface area (Å²) < 4.78 is 40.6. The SMILES string of the molecule is O=C(/C=C/c1ccc(OC(F)(F)F)cc1)N1C[C@@H]2CN(C(=O)N3CCc4[nH]nnc4C3)C[C@@H]2C1. The molecule has 2 atom stereocenters. The zero-order valence-corrected chi connectivity index (χ0v) is 18.2. The molecular formula is C22H23F3N6O3. The summed E-state index contributed by atoms with van der Waals surface area (Å²) in [5.41, 5.74) is 2.39. The molecule has 12 heteroatoms. The van der Waals surface area contributed by atoms with E-state index in [0.717, 1.165) is 11.4 Å². The first kappa shape index (κ1) is 22.2. The van der Waals surface area contributed by atoms with Crippen LogP contribution in [0.4, 0.5) is 18.0 Å². The normalized spacial score (nSPS) is 22.3. The van der Waals surface area contributed by atoms with E-state index in [4.69, 9.17) is 0 Å². The Morgan fingerprint density at radius 2 is 1.71 bits per heavy atom. The number of urea groups is 1. The highest BCUT2D eigenvalue weighted by Crippen LogP contribution is 2.32. The summed E-state index contributed by atoms with van der Waals surface area (Å²) in [6, 6.07) is 5.31. The third kappa shape index (κ3) is 4.70. The van der Waals surface area contributed by atoms with Gasteiger partial charge >= 0.3 is 12.4 Å². The van der Waals surface area contributed by atoms with Crippen LogP contribution in [0.3, 0.4) is 0 Å². The van der Waals surface area contributed by atoms with Crippen LogP contribution in [0.5, 0.6) is 5.75 Å². The molecule has 0 radical (unpaired) electrons. The number of ether oxygens (including phenoxy) is 1. The minimum Gasteiger partial charge on any atom is -0.406 e. The minimum atomic E-state index is -4.74. The van der Waals surface area contributed by atoms with E-state index in [-0.39, 0.29) is 29.5 Å². The van der Waals surface area contributed by atoms with Crippen molar-refractivity contribution in [3.05, 3.63) is 47.3 Å². The third-order valence-electron chi connectivity index (χ3n) is 6.55. The molecule has 0 unspecified atom stereocenters. The molecule has 4 heterocycles. The Kier molecular flexibility index (Phi) is 5.66. The highest BCUT2D eigenvalue weighted by atomic mass is 19.4. The van der Waals surface area contributed by atoms with Crippen LogP contribution in [-0.4, -0.2) is 81.1 Å². The highest BCUT2D eigenvalue weighted by molar-refractivity contribution is 5.92. The first-order valence-corrected chi connectivity index (χ1v) is 11.0. The lowest BCUT2D eigenvalue weighted by Crippen LogP contribution is -2.45. The Hall–Kier alpha value is -3.57. The molecule has 0 spiro atoms. The molecule has 2 saturated heterocycles. The number of fused-ring (bicyclic) bond motifs is 2. The maximum atomic E-state index is 13.0. The Labute approximate surface area is 193 Å². The van der Waals surface area contributed by atoms with Crippen molar-refractivity contribution in [2.45, 2.75) is 19.3 Å². The number of H-pyrrole nitrogens is 1. The predicted octanol–water partition coefficient (Wildman–Crippen LogP) is 2.29. The number of hydrogen-bond acceptors (Lipinski definition) is 5. The van der Waals surface area contributed by atoms with E-state index >= 15 is 0 Å². The lowest BCUT2D eigenvalue weighted by atomic mass is 10.0. The largest absolute Gasteiger partial charge is 0.573 e. The predicted molar refractivity (Wildman–Crippen MR) is 113 cm³/mol. The summed E-state index contributed by atoms with van der Waals surface area (Å²) in [6.07, 6.45) is -1.04. The summed E-state index contributed by atoms with van der Waals surface area (Å²) in [4.78, 5) is 31.0. The molecule has 0 saturated carbocycles. The molecule has 5 rings (SSSR count). The zero-order valence-electron chi connectivity index (χ0n) is 18.2. The van der Waals surface area contributed by atoms with Crippen molar-refractivity contribution in [1.82, 2.24) is 30.1 Å². The Morgan fingerprint density at radius 3 is 2.38 bits per heavy atom. The van der Waals surface area contributed by atoms with Gasteiger partial charge in [0.05, 0.1) is 12.2 Å². The number of aromatic amines is 1. The van der Waals surface area contributed by atoms with E-state index in [0.29, 0.717) is 51.3 Å². The van der Waals surface area contributed by atoms with Crippen LogP contribution in [0.25, 0.3) is 6.08 Å². The number of amides is 3. The van der Waals surface area contributed by atoms with Crippen LogP contribution < -0.4 is 4.74 Å². The third-order valence-corrected chi connectivity index (χ3v) is 6.55. The first-order valence-electron chi connectivity index (χ1n) is 11.0. The number of rotatable bonds is 3. The number of likely N-dealkylation sites (tertiary alicyclic amines) is 2. The Balaban J connectivity index is 1.12. The monoisotopic (exact) mass is 476 g/mol. The summed E-state index contributed by atoms with van der Waals surface area (Å²) in [5.74, 6) is -0.00837. The van der Waals surface area contributed by atoms with Crippen molar-refractivity contribution in [2.24, 2.45) is 11.8 Å². The van der Waals surface area contributed by atoms with E-state index in [1.165, 1.54) is 30.3 Å². The van der Waals surface area contributed by atoms with Gasteiger partial charge in [0.2, 0.25) is 5.91 Å². The van der Waals surface area contributed by atoms with E-state index in [2.05, 4.69) is 20.1 Å². The highest BCUT2D eigenvalue weighted by Gasteiger charge is 2.43. The molecule has 0 bridgehead atoms. The average molecular weight is 476 g/mol. The lowest BCUT2D eigenvalue weighted by molar-refractivity contribution is -0.274. The number of benzene rings is 1. The fraction of sp³-hybridized carbons (Fsp3) is 0.455. The molecule has 2 fully saturated rings. The molecule has 3 amide bonds. The van der Waals surface area contributed by atoms with Crippen molar-refractivity contribution < 1.29 is 27.5 Å². The first-order chi connectivity index (χ1) is 16.2. The summed E-state index contributed by atoms with van der Waals surface area (Å²) in [5, 5.41) is 10.7. The number of carbonyl (C=O) groups excluding carboxylic acids is 2. The fourth-order valence-corrected chi connectivity index (χ4v) is 4.85. The maximum absolute atomic E-state index is 13.0. The van der Waals surface area contributed by atoms with Crippen LogP contribution >= 0.6 is 0 Å². The number of alkyl halides is 3. The van der Waals surface area contributed by atoms with Gasteiger partial charge in [-0.05, 0) is 23.8 Å². The van der Waals surface area contributed by atoms with Crippen molar-refractivity contribution >= 4 is 18.0 Å². The van der Waals surface area contributed by atoms with E-state index in [9.17, 15) is 22.8 Å². The summed E-state index contributed by atoms with van der Waals surface area (Å²) >= 11 is 0. The van der Waals surface area contributed by atoms with Crippen LogP contribution in [0, 0.1) is 11.8 Å². The van der Waals surface area contributed by atoms with Gasteiger partial charge < -0.3 is 19.4 Å². The second kappa shape index (κ2) is 8.65. The summed E-state index contributed by atoms with van der Waals surface area (Å²) in [7, 11) is 0. The quantitative estimate of drug-likeness (QED) is 0.686. The second-order valence-electron chi connectivity index (χ2n) is 8.81. The molecule has 1 aromatic heterocycles. The van der Waals surface area contributed by atoms with Gasteiger partial charge in [-0.2, -0.15) is 0 Å². The maximum Gasteiger partial charge on any atom is 0.573 e. The van der Waals surface area contributed by atoms with Crippen LogP contribution in [-0.2, 0) is 17.8 Å². The number of hydrogen-bond donors (Lipinski definition) is 1. The fourth-order valence-electron chi connectivity index (χ4n) is 4.85. The molecule has 1 aromatic carbocycles. The van der Waals surface area contributed by atoms with E-state index < -0.39 is 6.36 Å². The Bertz CT molecular complexity index is 1090. The number of halogens is 3. The molecule has 9 nitrogen and oxygen atoms in total. The number of carbonyl (C=O) groups is 2.